The number of hydrogen-bond donors (Lipinski definition) is 1. The second-order valence-electron chi connectivity index (χ2n) is 11.1. The first kappa shape index (κ1) is 26.9. The van der Waals surface area contributed by atoms with Gasteiger partial charge in [0.1, 0.15) is 22.8 Å². The van der Waals surface area contributed by atoms with Crippen LogP contribution >= 0.6 is 23.1 Å². The number of aromatic nitrogens is 2. The number of thiophene rings is 1. The number of piperazine rings is 1. The number of benzene rings is 1. The van der Waals surface area contributed by atoms with Crippen LogP contribution in [0.25, 0.3) is 10.2 Å². The van der Waals surface area contributed by atoms with Crippen molar-refractivity contribution in [3.8, 4) is 0 Å². The van der Waals surface area contributed by atoms with Gasteiger partial charge in [0.25, 0.3) is 0 Å². The molecule has 1 aliphatic carbocycles. The maximum absolute atomic E-state index is 13.0. The topological polar surface area (TPSA) is 78.4 Å². The van der Waals surface area contributed by atoms with Gasteiger partial charge in [-0.1, -0.05) is 20.8 Å². The van der Waals surface area contributed by atoms with Gasteiger partial charge in [-0.3, -0.25) is 9.59 Å². The molecule has 1 fully saturated rings. The molecule has 10 heteroatoms. The van der Waals surface area contributed by atoms with Crippen molar-refractivity contribution in [3.05, 3.63) is 46.9 Å². The molecule has 0 unspecified atom stereocenters. The Hall–Kier alpha value is -2.72. The van der Waals surface area contributed by atoms with Gasteiger partial charge in [-0.15, -0.1) is 23.1 Å². The van der Waals surface area contributed by atoms with Crippen molar-refractivity contribution >= 4 is 56.6 Å². The van der Waals surface area contributed by atoms with Crippen LogP contribution in [0.5, 0.6) is 0 Å². The fraction of sp³-hybridized carbons (Fsp3) is 0.500. The Labute approximate surface area is 231 Å². The predicted octanol–water partition coefficient (Wildman–Crippen LogP) is 5.00. The van der Waals surface area contributed by atoms with Crippen molar-refractivity contribution in [1.82, 2.24) is 14.9 Å². The zero-order chi connectivity index (χ0) is 26.9. The van der Waals surface area contributed by atoms with Gasteiger partial charge in [0, 0.05) is 36.7 Å². The van der Waals surface area contributed by atoms with Gasteiger partial charge >= 0.3 is 0 Å². The van der Waals surface area contributed by atoms with Crippen LogP contribution in [0.4, 0.5) is 15.9 Å². The Balaban J connectivity index is 1.15. The van der Waals surface area contributed by atoms with Crippen molar-refractivity contribution in [2.75, 3.05) is 47.9 Å². The van der Waals surface area contributed by atoms with E-state index >= 15 is 0 Å². The molecular weight excluding hydrogens is 521 g/mol. The zero-order valence-corrected chi connectivity index (χ0v) is 23.8. The lowest BCUT2D eigenvalue weighted by Crippen LogP contribution is -2.49. The summed E-state index contributed by atoms with van der Waals surface area (Å²) in [5.74, 6) is 1.58. The molecule has 202 valence electrons. The quantitative estimate of drug-likeness (QED) is 0.461. The molecule has 0 saturated carbocycles. The van der Waals surface area contributed by atoms with Gasteiger partial charge in [0.15, 0.2) is 0 Å². The molecule has 2 amide bonds. The third-order valence-corrected chi connectivity index (χ3v) is 9.65. The second-order valence-corrected chi connectivity index (χ2v) is 13.2. The molecular formula is C28H34FN5O2S2. The predicted molar refractivity (Wildman–Crippen MR) is 154 cm³/mol. The average Bonchev–Trinajstić information content (AvgIpc) is 3.28. The highest BCUT2D eigenvalue weighted by Crippen LogP contribution is 2.44. The number of carbonyl (C=O) groups is 2. The van der Waals surface area contributed by atoms with Crippen molar-refractivity contribution in [2.24, 2.45) is 11.3 Å². The molecule has 1 saturated heterocycles. The molecule has 0 bridgehead atoms. The molecule has 2 aliphatic rings. The number of halogens is 1. The third kappa shape index (κ3) is 5.96. The number of nitrogens with zero attached hydrogens (tertiary/aromatic N) is 4. The Morgan fingerprint density at radius 2 is 1.84 bits per heavy atom. The largest absolute Gasteiger partial charge is 0.352 e. The Morgan fingerprint density at radius 1 is 1.11 bits per heavy atom. The number of rotatable bonds is 6. The monoisotopic (exact) mass is 555 g/mol. The molecule has 1 aromatic carbocycles. The first-order chi connectivity index (χ1) is 18.2. The Morgan fingerprint density at radius 3 is 2.55 bits per heavy atom. The van der Waals surface area contributed by atoms with Gasteiger partial charge in [0.2, 0.25) is 11.8 Å². The number of fused-ring (bicyclic) bond motifs is 3. The summed E-state index contributed by atoms with van der Waals surface area (Å²) >= 11 is 3.11. The van der Waals surface area contributed by atoms with Crippen molar-refractivity contribution in [1.29, 1.82) is 0 Å². The maximum Gasteiger partial charge on any atom is 0.234 e. The third-order valence-electron chi connectivity index (χ3n) is 7.57. The molecule has 3 heterocycles. The van der Waals surface area contributed by atoms with Crippen molar-refractivity contribution in [2.45, 2.75) is 40.0 Å². The van der Waals surface area contributed by atoms with Gasteiger partial charge in [-0.25, -0.2) is 14.4 Å². The lowest BCUT2D eigenvalue weighted by atomic mass is 9.72. The molecule has 5 rings (SSSR count). The summed E-state index contributed by atoms with van der Waals surface area (Å²) in [6, 6.07) is 5.63. The van der Waals surface area contributed by atoms with E-state index < -0.39 is 0 Å². The van der Waals surface area contributed by atoms with E-state index in [9.17, 15) is 14.0 Å². The van der Waals surface area contributed by atoms with E-state index in [1.807, 2.05) is 16.2 Å². The highest BCUT2D eigenvalue weighted by Gasteiger charge is 2.33. The number of thioether (sulfide) groups is 1. The second kappa shape index (κ2) is 11.2. The Kier molecular flexibility index (Phi) is 7.90. The van der Waals surface area contributed by atoms with E-state index in [0.29, 0.717) is 30.1 Å². The van der Waals surface area contributed by atoms with E-state index in [-0.39, 0.29) is 29.1 Å². The summed E-state index contributed by atoms with van der Waals surface area (Å²) in [7, 11) is 0. The Bertz CT molecular complexity index is 1310. The molecule has 0 radical (unpaired) electrons. The minimum absolute atomic E-state index is 0.0400. The summed E-state index contributed by atoms with van der Waals surface area (Å²) < 4.78 is 13.0. The van der Waals surface area contributed by atoms with Crippen molar-refractivity contribution < 1.29 is 14.0 Å². The minimum Gasteiger partial charge on any atom is -0.352 e. The number of hydrogen-bond acceptors (Lipinski definition) is 7. The minimum atomic E-state index is -0.351. The highest BCUT2D eigenvalue weighted by molar-refractivity contribution is 8.00. The van der Waals surface area contributed by atoms with Crippen molar-refractivity contribution in [3.63, 3.8) is 0 Å². The standard InChI is InChI=1S/C28H34FN5O2S2/c1-28(2,3)18-4-9-21-22(14-18)38-27-25(21)26(30-17-31-27)34-12-10-33(11-13-34)24(36)16-37-15-23(35)32-20-7-5-19(29)6-8-20/h5-8,17-18H,4,9-16H2,1-3H3,(H,32,35)/t18-/m1/s1. The molecule has 1 N–H and O–H groups in total. The van der Waals surface area contributed by atoms with Crippen LogP contribution in [-0.4, -0.2) is 64.4 Å². The van der Waals surface area contributed by atoms with Crippen LogP contribution < -0.4 is 10.2 Å². The van der Waals surface area contributed by atoms with E-state index in [2.05, 4.69) is 36.0 Å². The van der Waals surface area contributed by atoms with Gasteiger partial charge in [0.05, 0.1) is 16.9 Å². The summed E-state index contributed by atoms with van der Waals surface area (Å²) in [6.07, 6.45) is 5.05. The smallest absolute Gasteiger partial charge is 0.234 e. The van der Waals surface area contributed by atoms with E-state index in [4.69, 9.17) is 4.98 Å². The van der Waals surface area contributed by atoms with Crippen LogP contribution in [0.1, 0.15) is 37.6 Å². The number of carbonyl (C=O) groups excluding carboxylic acids is 2. The van der Waals surface area contributed by atoms with Gasteiger partial charge in [-0.2, -0.15) is 0 Å². The summed E-state index contributed by atoms with van der Waals surface area (Å²) in [4.78, 5) is 40.9. The number of amides is 2. The molecule has 7 nitrogen and oxygen atoms in total. The first-order valence-electron chi connectivity index (χ1n) is 13.1. The summed E-state index contributed by atoms with van der Waals surface area (Å²) in [5, 5.41) is 3.93. The first-order valence-corrected chi connectivity index (χ1v) is 15.1. The van der Waals surface area contributed by atoms with E-state index in [1.54, 1.807) is 6.33 Å². The van der Waals surface area contributed by atoms with Crippen LogP contribution in [0.2, 0.25) is 0 Å². The van der Waals surface area contributed by atoms with Gasteiger partial charge in [-0.05, 0) is 60.4 Å². The lowest BCUT2D eigenvalue weighted by molar-refractivity contribution is -0.128. The maximum atomic E-state index is 13.0. The highest BCUT2D eigenvalue weighted by atomic mass is 32.2. The number of aryl methyl sites for hydroxylation is 1. The summed E-state index contributed by atoms with van der Waals surface area (Å²) in [6.45, 7) is 9.72. The molecule has 2 aromatic heterocycles. The molecule has 38 heavy (non-hydrogen) atoms. The van der Waals surface area contributed by atoms with Gasteiger partial charge < -0.3 is 15.1 Å². The average molecular weight is 556 g/mol. The van der Waals surface area contributed by atoms with Crippen LogP contribution in [-0.2, 0) is 22.4 Å². The molecule has 0 spiro atoms. The SMILES string of the molecule is CC(C)(C)[C@@H]1CCc2c(sc3ncnc(N4CCN(C(=O)CSCC(=O)Nc5ccc(F)cc5)CC4)c23)C1. The number of anilines is 2. The van der Waals surface area contributed by atoms with E-state index in [1.165, 1.54) is 58.3 Å². The molecule has 1 aliphatic heterocycles. The molecule has 3 aromatic rings. The number of nitrogens with one attached hydrogen (secondary N) is 1. The fourth-order valence-corrected chi connectivity index (χ4v) is 7.27. The summed E-state index contributed by atoms with van der Waals surface area (Å²) in [5.41, 5.74) is 2.27. The molecule has 1 atom stereocenters. The lowest BCUT2D eigenvalue weighted by Gasteiger charge is -2.36. The van der Waals surface area contributed by atoms with Crippen LogP contribution in [0, 0.1) is 17.2 Å². The zero-order valence-electron chi connectivity index (χ0n) is 22.1. The normalized spacial score (nSPS) is 17.9. The van der Waals surface area contributed by atoms with Crippen LogP contribution in [0.15, 0.2) is 30.6 Å². The van der Waals surface area contributed by atoms with E-state index in [0.717, 1.165) is 36.6 Å². The fourth-order valence-electron chi connectivity index (χ4n) is 5.29. The van der Waals surface area contributed by atoms with Crippen LogP contribution in [0.3, 0.4) is 0 Å².